The Balaban J connectivity index is 1.40. The number of hydrogen-bond acceptors (Lipinski definition) is 2. The summed E-state index contributed by atoms with van der Waals surface area (Å²) >= 11 is 0. The third-order valence-electron chi connectivity index (χ3n) is 7.01. The number of fused-ring (bicyclic) bond motifs is 1. The van der Waals surface area contributed by atoms with E-state index in [0.29, 0.717) is 6.42 Å². The van der Waals surface area contributed by atoms with E-state index in [1.165, 1.54) is 24.8 Å². The van der Waals surface area contributed by atoms with Crippen LogP contribution in [0.5, 0.6) is 0 Å². The van der Waals surface area contributed by atoms with Crippen LogP contribution in [0, 0.1) is 23.2 Å². The largest absolute Gasteiger partial charge is 0.390 e. The summed E-state index contributed by atoms with van der Waals surface area (Å²) in [4.78, 5) is 13.2. The van der Waals surface area contributed by atoms with Crippen molar-refractivity contribution in [2.45, 2.75) is 57.1 Å². The molecule has 3 heteroatoms. The number of amides is 1. The highest BCUT2D eigenvalue weighted by atomic mass is 16.3. The first kappa shape index (κ1) is 14.0. The third kappa shape index (κ3) is 2.09. The Morgan fingerprint density at radius 2 is 1.65 bits per heavy atom. The molecule has 2 atom stereocenters. The number of aliphatic hydroxyl groups excluding tert-OH is 1. The van der Waals surface area contributed by atoms with E-state index < -0.39 is 6.10 Å². The van der Waals surface area contributed by atoms with Crippen LogP contribution in [-0.2, 0) is 11.2 Å². The van der Waals surface area contributed by atoms with Gasteiger partial charge in [-0.2, -0.15) is 0 Å². The number of carbonyl (C=O) groups is 1. The Bertz CT molecular complexity index is 618. The van der Waals surface area contributed by atoms with E-state index in [1.54, 1.807) is 0 Å². The van der Waals surface area contributed by atoms with Gasteiger partial charge in [-0.15, -0.1) is 0 Å². The Hall–Kier alpha value is -1.35. The molecule has 0 heterocycles. The first-order chi connectivity index (χ1) is 11.1. The average molecular weight is 311 g/mol. The quantitative estimate of drug-likeness (QED) is 0.882. The van der Waals surface area contributed by atoms with E-state index in [9.17, 15) is 9.90 Å². The summed E-state index contributed by atoms with van der Waals surface area (Å²) in [6.07, 6.45) is 7.46. The molecule has 0 spiro atoms. The molecule has 5 aliphatic carbocycles. The highest BCUT2D eigenvalue weighted by molar-refractivity contribution is 5.84. The summed E-state index contributed by atoms with van der Waals surface area (Å²) in [5, 5.41) is 13.7. The van der Waals surface area contributed by atoms with Crippen LogP contribution in [0.3, 0.4) is 0 Å². The molecule has 0 aromatic heterocycles. The van der Waals surface area contributed by atoms with Crippen molar-refractivity contribution in [1.82, 2.24) is 5.32 Å². The van der Waals surface area contributed by atoms with Gasteiger partial charge in [0.1, 0.15) is 0 Å². The van der Waals surface area contributed by atoms with Crippen LogP contribution < -0.4 is 5.32 Å². The predicted octanol–water partition coefficient (Wildman–Crippen LogP) is 2.98. The molecule has 2 N–H and O–H groups in total. The van der Waals surface area contributed by atoms with Crippen LogP contribution in [0.2, 0.25) is 0 Å². The van der Waals surface area contributed by atoms with Crippen molar-refractivity contribution < 1.29 is 9.90 Å². The smallest absolute Gasteiger partial charge is 0.226 e. The highest BCUT2D eigenvalue weighted by Gasteiger charge is 2.55. The molecule has 122 valence electrons. The molecule has 4 fully saturated rings. The molecule has 0 aliphatic heterocycles. The van der Waals surface area contributed by atoms with E-state index in [-0.39, 0.29) is 17.4 Å². The monoisotopic (exact) mass is 311 g/mol. The van der Waals surface area contributed by atoms with Crippen LogP contribution in [0.25, 0.3) is 0 Å². The Labute approximate surface area is 137 Å². The summed E-state index contributed by atoms with van der Waals surface area (Å²) in [5.41, 5.74) is 2.15. The number of benzene rings is 1. The van der Waals surface area contributed by atoms with Crippen LogP contribution in [0.4, 0.5) is 0 Å². The molecule has 2 unspecified atom stereocenters. The van der Waals surface area contributed by atoms with Gasteiger partial charge in [-0.3, -0.25) is 4.79 Å². The average Bonchev–Trinajstić information content (AvgIpc) is 2.82. The van der Waals surface area contributed by atoms with Gasteiger partial charge < -0.3 is 10.4 Å². The lowest BCUT2D eigenvalue weighted by atomic mass is 9.49. The number of rotatable bonds is 2. The van der Waals surface area contributed by atoms with Crippen molar-refractivity contribution in [3.63, 3.8) is 0 Å². The molecule has 0 saturated heterocycles. The molecule has 1 amide bonds. The lowest BCUT2D eigenvalue weighted by Gasteiger charge is -2.55. The SMILES string of the molecule is O=C(NC1c2ccccc2CC1O)C12CC3CC(CC(C3)C1)C2. The summed E-state index contributed by atoms with van der Waals surface area (Å²) in [7, 11) is 0. The normalized spacial score (nSPS) is 43.4. The molecule has 3 nitrogen and oxygen atoms in total. The maximum atomic E-state index is 13.2. The molecule has 1 aromatic carbocycles. The van der Waals surface area contributed by atoms with Crippen molar-refractivity contribution in [3.05, 3.63) is 35.4 Å². The predicted molar refractivity (Wildman–Crippen MR) is 87.6 cm³/mol. The van der Waals surface area contributed by atoms with Crippen LogP contribution in [0.15, 0.2) is 24.3 Å². The van der Waals surface area contributed by atoms with E-state index in [4.69, 9.17) is 0 Å². The van der Waals surface area contributed by atoms with Crippen LogP contribution in [-0.4, -0.2) is 17.1 Å². The van der Waals surface area contributed by atoms with Gasteiger partial charge in [-0.05, 0) is 67.4 Å². The first-order valence-corrected chi connectivity index (χ1v) is 9.20. The van der Waals surface area contributed by atoms with E-state index in [1.807, 2.05) is 12.1 Å². The van der Waals surface area contributed by atoms with Gasteiger partial charge >= 0.3 is 0 Å². The van der Waals surface area contributed by atoms with E-state index in [2.05, 4.69) is 17.4 Å². The fourth-order valence-electron chi connectivity index (χ4n) is 6.43. The van der Waals surface area contributed by atoms with Gasteiger partial charge in [-0.1, -0.05) is 24.3 Å². The standard InChI is InChI=1S/C20H25NO2/c22-17-8-15-3-1-2-4-16(15)18(17)21-19(23)20-9-12-5-13(10-20)7-14(6-12)11-20/h1-4,12-14,17-18,22H,5-11H2,(H,21,23). The second kappa shape index (κ2) is 4.83. The number of aliphatic hydroxyl groups is 1. The van der Waals surface area contributed by atoms with Gasteiger partial charge in [0.2, 0.25) is 5.91 Å². The maximum absolute atomic E-state index is 13.2. The van der Waals surface area contributed by atoms with Gasteiger partial charge in [0.05, 0.1) is 12.1 Å². The lowest BCUT2D eigenvalue weighted by Crippen LogP contribution is -2.54. The van der Waals surface area contributed by atoms with E-state index >= 15 is 0 Å². The molecule has 0 radical (unpaired) electrons. The minimum Gasteiger partial charge on any atom is -0.390 e. The summed E-state index contributed by atoms with van der Waals surface area (Å²) in [6.45, 7) is 0. The molecule has 6 rings (SSSR count). The molecule has 23 heavy (non-hydrogen) atoms. The summed E-state index contributed by atoms with van der Waals surface area (Å²) in [6, 6.07) is 7.91. The fraction of sp³-hybridized carbons (Fsp3) is 0.650. The zero-order valence-electron chi connectivity index (χ0n) is 13.5. The van der Waals surface area contributed by atoms with Crippen molar-refractivity contribution in [2.24, 2.45) is 23.2 Å². The minimum absolute atomic E-state index is 0.133. The van der Waals surface area contributed by atoms with E-state index in [0.717, 1.165) is 42.6 Å². The Morgan fingerprint density at radius 3 is 2.30 bits per heavy atom. The van der Waals surface area contributed by atoms with Crippen LogP contribution >= 0.6 is 0 Å². The molecule has 1 aromatic rings. The molecule has 4 bridgehead atoms. The van der Waals surface area contributed by atoms with Gasteiger partial charge in [0.15, 0.2) is 0 Å². The highest BCUT2D eigenvalue weighted by Crippen LogP contribution is 2.60. The Kier molecular flexibility index (Phi) is 2.94. The third-order valence-corrected chi connectivity index (χ3v) is 7.01. The molecular weight excluding hydrogens is 286 g/mol. The minimum atomic E-state index is -0.481. The topological polar surface area (TPSA) is 49.3 Å². The number of hydrogen-bond donors (Lipinski definition) is 2. The van der Waals surface area contributed by atoms with Gasteiger partial charge in [0.25, 0.3) is 0 Å². The number of carbonyl (C=O) groups excluding carboxylic acids is 1. The zero-order valence-corrected chi connectivity index (χ0v) is 13.5. The van der Waals surface area contributed by atoms with Gasteiger partial charge in [0, 0.05) is 11.8 Å². The first-order valence-electron chi connectivity index (χ1n) is 9.20. The van der Waals surface area contributed by atoms with Crippen molar-refractivity contribution >= 4 is 5.91 Å². The molecule has 5 aliphatic rings. The van der Waals surface area contributed by atoms with Crippen molar-refractivity contribution in [3.8, 4) is 0 Å². The fourth-order valence-corrected chi connectivity index (χ4v) is 6.43. The van der Waals surface area contributed by atoms with Gasteiger partial charge in [-0.25, -0.2) is 0 Å². The summed E-state index contributed by atoms with van der Waals surface area (Å²) in [5.74, 6) is 2.53. The maximum Gasteiger partial charge on any atom is 0.226 e. The second-order valence-corrected chi connectivity index (χ2v) is 8.62. The second-order valence-electron chi connectivity index (χ2n) is 8.62. The van der Waals surface area contributed by atoms with Crippen LogP contribution in [0.1, 0.15) is 55.7 Å². The van der Waals surface area contributed by atoms with Crippen molar-refractivity contribution in [1.29, 1.82) is 0 Å². The lowest BCUT2D eigenvalue weighted by molar-refractivity contribution is -0.147. The Morgan fingerprint density at radius 1 is 1.04 bits per heavy atom. The molecular formula is C20H25NO2. The summed E-state index contributed by atoms with van der Waals surface area (Å²) < 4.78 is 0. The molecule has 4 saturated carbocycles. The zero-order chi connectivity index (χ0) is 15.6. The van der Waals surface area contributed by atoms with Crippen molar-refractivity contribution in [2.75, 3.05) is 0 Å². The number of nitrogens with one attached hydrogen (secondary N) is 1.